The summed E-state index contributed by atoms with van der Waals surface area (Å²) in [5.74, 6) is -0.0556. The highest BCUT2D eigenvalue weighted by atomic mass is 19.1. The topological polar surface area (TPSA) is 90.3 Å². The van der Waals surface area contributed by atoms with E-state index in [-0.39, 0.29) is 12.4 Å². The summed E-state index contributed by atoms with van der Waals surface area (Å²) in [5, 5.41) is 9.38. The molecule has 0 fully saturated rings. The maximum atomic E-state index is 13.1. The first-order valence-corrected chi connectivity index (χ1v) is 8.01. The number of ether oxygens (including phenoxy) is 2. The van der Waals surface area contributed by atoms with Crippen LogP contribution in [-0.4, -0.2) is 17.6 Å². The predicted octanol–water partition coefficient (Wildman–Crippen LogP) is 3.71. The fourth-order valence-electron chi connectivity index (χ4n) is 2.58. The summed E-state index contributed by atoms with van der Waals surface area (Å²) in [6.07, 6.45) is 0. The number of carbonyl (C=O) groups excluding carboxylic acids is 1. The molecule has 136 valence electrons. The van der Waals surface area contributed by atoms with Crippen LogP contribution in [0.25, 0.3) is 0 Å². The van der Waals surface area contributed by atoms with E-state index in [1.807, 2.05) is 0 Å². The second-order valence-electron chi connectivity index (χ2n) is 5.73. The van der Waals surface area contributed by atoms with Crippen LogP contribution in [0.3, 0.4) is 0 Å². The number of aromatic nitrogens is 1. The SMILES string of the molecule is COC(=O)c1ccc(Oc2c(N)cc(C#N)n2Cc2ccc(F)cc2)cc1. The van der Waals surface area contributed by atoms with Gasteiger partial charge < -0.3 is 15.2 Å². The highest BCUT2D eigenvalue weighted by Crippen LogP contribution is 2.32. The van der Waals surface area contributed by atoms with Crippen molar-refractivity contribution in [2.24, 2.45) is 0 Å². The number of rotatable bonds is 5. The van der Waals surface area contributed by atoms with E-state index in [0.29, 0.717) is 28.6 Å². The summed E-state index contributed by atoms with van der Waals surface area (Å²) >= 11 is 0. The first-order valence-electron chi connectivity index (χ1n) is 8.01. The second-order valence-corrected chi connectivity index (χ2v) is 5.73. The molecule has 0 aliphatic heterocycles. The minimum atomic E-state index is -0.451. The highest BCUT2D eigenvalue weighted by molar-refractivity contribution is 5.89. The molecule has 0 aliphatic carbocycles. The fourth-order valence-corrected chi connectivity index (χ4v) is 2.58. The van der Waals surface area contributed by atoms with Crippen molar-refractivity contribution in [1.82, 2.24) is 4.57 Å². The Morgan fingerprint density at radius 2 is 1.85 bits per heavy atom. The van der Waals surface area contributed by atoms with Crippen molar-refractivity contribution in [3.8, 4) is 17.7 Å². The van der Waals surface area contributed by atoms with Crippen molar-refractivity contribution in [2.45, 2.75) is 6.54 Å². The van der Waals surface area contributed by atoms with Gasteiger partial charge in [0.1, 0.15) is 23.3 Å². The molecule has 1 heterocycles. The minimum Gasteiger partial charge on any atom is -0.465 e. The van der Waals surface area contributed by atoms with Crippen LogP contribution in [0.2, 0.25) is 0 Å². The molecule has 3 aromatic rings. The molecule has 0 aliphatic rings. The molecule has 0 bridgehead atoms. The fraction of sp³-hybridized carbons (Fsp3) is 0.100. The lowest BCUT2D eigenvalue weighted by molar-refractivity contribution is 0.0600. The molecule has 7 heteroatoms. The number of benzene rings is 2. The average molecular weight is 365 g/mol. The summed E-state index contributed by atoms with van der Waals surface area (Å²) in [5.41, 5.74) is 7.80. The van der Waals surface area contributed by atoms with Gasteiger partial charge in [-0.05, 0) is 42.0 Å². The number of carbonyl (C=O) groups is 1. The number of esters is 1. The van der Waals surface area contributed by atoms with Gasteiger partial charge >= 0.3 is 5.97 Å². The molecular formula is C20H16FN3O3. The number of hydrogen-bond acceptors (Lipinski definition) is 5. The van der Waals surface area contributed by atoms with E-state index in [1.54, 1.807) is 41.0 Å². The molecule has 0 radical (unpaired) electrons. The molecule has 0 amide bonds. The maximum Gasteiger partial charge on any atom is 0.337 e. The van der Waals surface area contributed by atoms with Gasteiger partial charge in [-0.1, -0.05) is 12.1 Å². The van der Waals surface area contributed by atoms with Gasteiger partial charge in [0.05, 0.1) is 24.9 Å². The first kappa shape index (κ1) is 18.0. The lowest BCUT2D eigenvalue weighted by atomic mass is 10.2. The summed E-state index contributed by atoms with van der Waals surface area (Å²) < 4.78 is 25.2. The van der Waals surface area contributed by atoms with Gasteiger partial charge in [0.15, 0.2) is 0 Å². The Balaban J connectivity index is 1.91. The summed E-state index contributed by atoms with van der Waals surface area (Å²) in [6, 6.07) is 15.9. The normalized spacial score (nSPS) is 10.3. The number of anilines is 1. The van der Waals surface area contributed by atoms with Crippen molar-refractivity contribution in [1.29, 1.82) is 5.26 Å². The Bertz CT molecular complexity index is 1000. The summed E-state index contributed by atoms with van der Waals surface area (Å²) in [7, 11) is 1.30. The Morgan fingerprint density at radius 1 is 1.19 bits per heavy atom. The largest absolute Gasteiger partial charge is 0.465 e. The zero-order chi connectivity index (χ0) is 19.4. The number of nitrogens with zero attached hydrogens (tertiary/aromatic N) is 2. The van der Waals surface area contributed by atoms with Crippen LogP contribution < -0.4 is 10.5 Å². The van der Waals surface area contributed by atoms with Gasteiger partial charge in [-0.2, -0.15) is 5.26 Å². The Labute approximate surface area is 155 Å². The molecule has 6 nitrogen and oxygen atoms in total. The van der Waals surface area contributed by atoms with Gasteiger partial charge in [0.2, 0.25) is 5.88 Å². The average Bonchev–Trinajstić information content (AvgIpc) is 2.98. The summed E-state index contributed by atoms with van der Waals surface area (Å²) in [4.78, 5) is 11.5. The molecule has 0 saturated heterocycles. The van der Waals surface area contributed by atoms with Crippen molar-refractivity contribution < 1.29 is 18.7 Å². The lowest BCUT2D eigenvalue weighted by Gasteiger charge is -2.13. The van der Waals surface area contributed by atoms with E-state index >= 15 is 0 Å². The molecule has 3 rings (SSSR count). The molecular weight excluding hydrogens is 349 g/mol. The van der Waals surface area contributed by atoms with Crippen LogP contribution in [0.1, 0.15) is 21.6 Å². The third-order valence-corrected chi connectivity index (χ3v) is 3.93. The highest BCUT2D eigenvalue weighted by Gasteiger charge is 2.16. The van der Waals surface area contributed by atoms with Crippen molar-refractivity contribution in [3.05, 3.63) is 77.2 Å². The molecule has 0 saturated carbocycles. The number of hydrogen-bond donors (Lipinski definition) is 1. The zero-order valence-corrected chi connectivity index (χ0v) is 14.5. The van der Waals surface area contributed by atoms with Crippen LogP contribution >= 0.6 is 0 Å². The molecule has 0 spiro atoms. The molecule has 0 unspecified atom stereocenters. The van der Waals surface area contributed by atoms with Gasteiger partial charge in [-0.3, -0.25) is 4.57 Å². The second kappa shape index (κ2) is 7.62. The van der Waals surface area contributed by atoms with Crippen LogP contribution in [0.5, 0.6) is 11.6 Å². The van der Waals surface area contributed by atoms with Gasteiger partial charge in [-0.15, -0.1) is 0 Å². The van der Waals surface area contributed by atoms with E-state index in [0.717, 1.165) is 5.56 Å². The summed E-state index contributed by atoms with van der Waals surface area (Å²) in [6.45, 7) is 0.288. The Morgan fingerprint density at radius 3 is 2.44 bits per heavy atom. The van der Waals surface area contributed by atoms with Gasteiger partial charge in [-0.25, -0.2) is 9.18 Å². The number of nitrogens with two attached hydrogens (primary N) is 1. The van der Waals surface area contributed by atoms with E-state index in [9.17, 15) is 14.4 Å². The molecule has 1 aromatic heterocycles. The number of nitriles is 1. The lowest BCUT2D eigenvalue weighted by Crippen LogP contribution is -2.05. The Hall–Kier alpha value is -3.79. The molecule has 27 heavy (non-hydrogen) atoms. The van der Waals surface area contributed by atoms with E-state index in [1.165, 1.54) is 25.3 Å². The molecule has 2 N–H and O–H groups in total. The third kappa shape index (κ3) is 3.90. The molecule has 2 aromatic carbocycles. The standard InChI is InChI=1S/C20H16FN3O3/c1-26-20(25)14-4-8-17(9-5-14)27-19-18(23)10-16(11-22)24(19)12-13-2-6-15(21)7-3-13/h2-10H,12,23H2,1H3. The number of methoxy groups -OCH3 is 1. The third-order valence-electron chi connectivity index (χ3n) is 3.93. The minimum absolute atomic E-state index is 0.288. The van der Waals surface area contributed by atoms with Crippen LogP contribution in [0.15, 0.2) is 54.6 Å². The van der Waals surface area contributed by atoms with E-state index < -0.39 is 5.97 Å². The number of halogens is 1. The zero-order valence-electron chi connectivity index (χ0n) is 14.5. The predicted molar refractivity (Wildman–Crippen MR) is 96.9 cm³/mol. The van der Waals surface area contributed by atoms with Crippen LogP contribution in [0.4, 0.5) is 10.1 Å². The Kier molecular flexibility index (Phi) is 5.08. The molecule has 0 atom stereocenters. The van der Waals surface area contributed by atoms with Crippen molar-refractivity contribution in [3.63, 3.8) is 0 Å². The monoisotopic (exact) mass is 365 g/mol. The van der Waals surface area contributed by atoms with Crippen LogP contribution in [-0.2, 0) is 11.3 Å². The van der Waals surface area contributed by atoms with Crippen molar-refractivity contribution >= 4 is 11.7 Å². The smallest absolute Gasteiger partial charge is 0.337 e. The van der Waals surface area contributed by atoms with Gasteiger partial charge in [0, 0.05) is 6.07 Å². The maximum absolute atomic E-state index is 13.1. The van der Waals surface area contributed by atoms with Crippen molar-refractivity contribution in [2.75, 3.05) is 12.8 Å². The van der Waals surface area contributed by atoms with Gasteiger partial charge in [0.25, 0.3) is 0 Å². The first-order chi connectivity index (χ1) is 13.0. The van der Waals surface area contributed by atoms with Crippen LogP contribution in [0, 0.1) is 17.1 Å². The van der Waals surface area contributed by atoms with E-state index in [4.69, 9.17) is 10.5 Å². The number of nitrogen functional groups attached to an aromatic ring is 1. The van der Waals surface area contributed by atoms with E-state index in [2.05, 4.69) is 10.8 Å². The quantitative estimate of drug-likeness (QED) is 0.696.